The van der Waals surface area contributed by atoms with Gasteiger partial charge in [0.05, 0.1) is 0 Å². The third-order valence-electron chi connectivity index (χ3n) is 4.32. The second kappa shape index (κ2) is 6.29. The van der Waals surface area contributed by atoms with Crippen LogP contribution in [0.5, 0.6) is 0 Å². The van der Waals surface area contributed by atoms with E-state index in [1.165, 1.54) is 0 Å². The van der Waals surface area contributed by atoms with Gasteiger partial charge in [-0.3, -0.25) is 4.79 Å². The Morgan fingerprint density at radius 1 is 0.920 bits per heavy atom. The van der Waals surface area contributed by atoms with Gasteiger partial charge in [-0.15, -0.1) is 0 Å². The summed E-state index contributed by atoms with van der Waals surface area (Å²) in [6.45, 7) is 2.00. The Balaban J connectivity index is 1.70. The first-order chi connectivity index (χ1) is 12.2. The average Bonchev–Trinajstić information content (AvgIpc) is 3.10. The number of aromatic nitrogens is 1. The van der Waals surface area contributed by atoms with E-state index in [0.29, 0.717) is 5.56 Å². The number of hydrogen-bond donors (Lipinski definition) is 2. The Morgan fingerprint density at radius 2 is 1.76 bits per heavy atom. The second-order valence-corrected chi connectivity index (χ2v) is 6.15. The lowest BCUT2D eigenvalue weighted by Crippen LogP contribution is -2.13. The molecule has 1 aromatic heterocycles. The van der Waals surface area contributed by atoms with Gasteiger partial charge in [-0.25, -0.2) is 0 Å². The molecule has 0 saturated carbocycles. The molecule has 0 unspecified atom stereocenters. The Kier molecular flexibility index (Phi) is 3.82. The maximum Gasteiger partial charge on any atom is 0.256 e. The van der Waals surface area contributed by atoms with Crippen LogP contribution < -0.4 is 5.32 Å². The molecule has 122 valence electrons. The highest BCUT2D eigenvalue weighted by molar-refractivity contribution is 6.09. The molecule has 0 aliphatic rings. The van der Waals surface area contributed by atoms with E-state index < -0.39 is 0 Å². The fourth-order valence-electron chi connectivity index (χ4n) is 3.04. The van der Waals surface area contributed by atoms with Gasteiger partial charge in [0.25, 0.3) is 5.91 Å². The van der Waals surface area contributed by atoms with E-state index in [-0.39, 0.29) is 5.91 Å². The summed E-state index contributed by atoms with van der Waals surface area (Å²) in [6.07, 6.45) is 1.89. The van der Waals surface area contributed by atoms with E-state index >= 15 is 0 Å². The van der Waals surface area contributed by atoms with Crippen molar-refractivity contribution in [3.8, 4) is 11.1 Å². The molecule has 4 rings (SSSR count). The summed E-state index contributed by atoms with van der Waals surface area (Å²) in [6, 6.07) is 23.8. The molecular weight excluding hydrogens is 308 g/mol. The van der Waals surface area contributed by atoms with E-state index in [2.05, 4.69) is 10.3 Å². The highest BCUT2D eigenvalue weighted by Gasteiger charge is 2.13. The number of nitrogens with one attached hydrogen (secondary N) is 2. The number of carbonyl (C=O) groups is 1. The van der Waals surface area contributed by atoms with Gasteiger partial charge in [0, 0.05) is 28.4 Å². The molecule has 0 saturated heterocycles. The van der Waals surface area contributed by atoms with Gasteiger partial charge >= 0.3 is 0 Å². The van der Waals surface area contributed by atoms with Crippen LogP contribution in [-0.2, 0) is 0 Å². The van der Waals surface area contributed by atoms with E-state index in [0.717, 1.165) is 33.3 Å². The molecule has 2 N–H and O–H groups in total. The number of amides is 1. The predicted molar refractivity (Wildman–Crippen MR) is 103 cm³/mol. The summed E-state index contributed by atoms with van der Waals surface area (Å²) in [7, 11) is 0. The molecular formula is C22H18N2O. The van der Waals surface area contributed by atoms with E-state index in [4.69, 9.17) is 0 Å². The van der Waals surface area contributed by atoms with Crippen molar-refractivity contribution in [1.82, 2.24) is 4.98 Å². The van der Waals surface area contributed by atoms with E-state index in [1.54, 1.807) is 0 Å². The fourth-order valence-corrected chi connectivity index (χ4v) is 3.04. The zero-order chi connectivity index (χ0) is 17.2. The molecule has 1 amide bonds. The lowest BCUT2D eigenvalue weighted by Gasteiger charge is -2.12. The second-order valence-electron chi connectivity index (χ2n) is 6.15. The molecule has 0 atom stereocenters. The monoisotopic (exact) mass is 326 g/mol. The largest absolute Gasteiger partial charge is 0.361 e. The Hall–Kier alpha value is -3.33. The SMILES string of the molecule is Cc1ccc(-c2ccccc2)c(C(=O)Nc2ccc3[nH]ccc3c2)c1. The van der Waals surface area contributed by atoms with Gasteiger partial charge < -0.3 is 10.3 Å². The molecule has 0 spiro atoms. The molecule has 4 aromatic rings. The Morgan fingerprint density at radius 3 is 2.60 bits per heavy atom. The number of aromatic amines is 1. The number of fused-ring (bicyclic) bond motifs is 1. The first kappa shape index (κ1) is 15.2. The van der Waals surface area contributed by atoms with Gasteiger partial charge in [0.1, 0.15) is 0 Å². The zero-order valence-electron chi connectivity index (χ0n) is 13.9. The topological polar surface area (TPSA) is 44.9 Å². The van der Waals surface area contributed by atoms with Crippen molar-refractivity contribution in [2.75, 3.05) is 5.32 Å². The number of H-pyrrole nitrogens is 1. The lowest BCUT2D eigenvalue weighted by molar-refractivity contribution is 0.102. The van der Waals surface area contributed by atoms with Gasteiger partial charge in [0.2, 0.25) is 0 Å². The Bertz CT molecular complexity index is 1050. The third kappa shape index (κ3) is 3.04. The van der Waals surface area contributed by atoms with Crippen molar-refractivity contribution in [2.24, 2.45) is 0 Å². The minimum Gasteiger partial charge on any atom is -0.361 e. The minimum absolute atomic E-state index is 0.0996. The van der Waals surface area contributed by atoms with Crippen molar-refractivity contribution in [1.29, 1.82) is 0 Å². The first-order valence-electron chi connectivity index (χ1n) is 8.25. The van der Waals surface area contributed by atoms with Crippen molar-refractivity contribution in [3.05, 3.63) is 90.1 Å². The van der Waals surface area contributed by atoms with Crippen LogP contribution in [0.1, 0.15) is 15.9 Å². The van der Waals surface area contributed by atoms with Crippen molar-refractivity contribution in [2.45, 2.75) is 6.92 Å². The maximum atomic E-state index is 12.9. The van der Waals surface area contributed by atoms with Crippen molar-refractivity contribution in [3.63, 3.8) is 0 Å². The number of aryl methyl sites for hydroxylation is 1. The number of benzene rings is 3. The summed E-state index contributed by atoms with van der Waals surface area (Å²) >= 11 is 0. The summed E-state index contributed by atoms with van der Waals surface area (Å²) in [5.74, 6) is -0.0996. The third-order valence-corrected chi connectivity index (χ3v) is 4.32. The zero-order valence-corrected chi connectivity index (χ0v) is 13.9. The quantitative estimate of drug-likeness (QED) is 0.520. The van der Waals surface area contributed by atoms with Gasteiger partial charge in [-0.1, -0.05) is 48.0 Å². The molecule has 0 fully saturated rings. The molecule has 0 aliphatic carbocycles. The van der Waals surface area contributed by atoms with Crippen LogP contribution in [0, 0.1) is 6.92 Å². The standard InChI is InChI=1S/C22H18N2O/c1-15-7-9-19(16-5-3-2-4-6-16)20(13-15)22(25)24-18-8-10-21-17(14-18)11-12-23-21/h2-14,23H,1H3,(H,24,25). The fraction of sp³-hybridized carbons (Fsp3) is 0.0455. The normalized spacial score (nSPS) is 10.8. The molecule has 25 heavy (non-hydrogen) atoms. The molecule has 3 aromatic carbocycles. The van der Waals surface area contributed by atoms with Crippen LogP contribution in [0.2, 0.25) is 0 Å². The van der Waals surface area contributed by atoms with Crippen LogP contribution in [0.15, 0.2) is 79.0 Å². The van der Waals surface area contributed by atoms with Crippen molar-refractivity contribution >= 4 is 22.5 Å². The molecule has 1 heterocycles. The van der Waals surface area contributed by atoms with E-state index in [1.807, 2.05) is 85.9 Å². The van der Waals surface area contributed by atoms with Crippen molar-refractivity contribution < 1.29 is 4.79 Å². The van der Waals surface area contributed by atoms with Gasteiger partial charge in [-0.2, -0.15) is 0 Å². The minimum atomic E-state index is -0.0996. The van der Waals surface area contributed by atoms with Crippen LogP contribution >= 0.6 is 0 Å². The molecule has 0 radical (unpaired) electrons. The Labute approximate surface area is 146 Å². The lowest BCUT2D eigenvalue weighted by atomic mass is 9.97. The number of anilines is 1. The summed E-state index contributed by atoms with van der Waals surface area (Å²) in [5.41, 5.74) is 5.56. The smallest absolute Gasteiger partial charge is 0.256 e. The van der Waals surface area contributed by atoms with Gasteiger partial charge in [0.15, 0.2) is 0 Å². The van der Waals surface area contributed by atoms with Gasteiger partial charge in [-0.05, 0) is 48.4 Å². The number of carbonyl (C=O) groups excluding carboxylic acids is 1. The van der Waals surface area contributed by atoms with Crippen LogP contribution in [-0.4, -0.2) is 10.9 Å². The van der Waals surface area contributed by atoms with Crippen LogP contribution in [0.4, 0.5) is 5.69 Å². The maximum absolute atomic E-state index is 12.9. The molecule has 0 bridgehead atoms. The average molecular weight is 326 g/mol. The number of rotatable bonds is 3. The summed E-state index contributed by atoms with van der Waals surface area (Å²) in [4.78, 5) is 16.1. The summed E-state index contributed by atoms with van der Waals surface area (Å²) < 4.78 is 0. The first-order valence-corrected chi connectivity index (χ1v) is 8.25. The molecule has 0 aliphatic heterocycles. The predicted octanol–water partition coefficient (Wildman–Crippen LogP) is 5.40. The summed E-state index contributed by atoms with van der Waals surface area (Å²) in [5, 5.41) is 4.10. The van der Waals surface area contributed by atoms with E-state index in [9.17, 15) is 4.79 Å². The molecule has 3 nitrogen and oxygen atoms in total. The highest BCUT2D eigenvalue weighted by atomic mass is 16.1. The highest BCUT2D eigenvalue weighted by Crippen LogP contribution is 2.26. The number of hydrogen-bond acceptors (Lipinski definition) is 1. The van der Waals surface area contributed by atoms with Crippen LogP contribution in [0.25, 0.3) is 22.0 Å². The molecule has 3 heteroatoms. The van der Waals surface area contributed by atoms with Crippen LogP contribution in [0.3, 0.4) is 0 Å².